The molecule has 7 heteroatoms. The number of rotatable bonds is 3. The monoisotopic (exact) mass is 325 g/mol. The van der Waals surface area contributed by atoms with Crippen LogP contribution in [0.1, 0.15) is 6.92 Å². The van der Waals surface area contributed by atoms with Crippen LogP contribution in [-0.2, 0) is 14.4 Å². The summed E-state index contributed by atoms with van der Waals surface area (Å²) < 4.78 is 5.47. The van der Waals surface area contributed by atoms with Gasteiger partial charge in [0.2, 0.25) is 5.91 Å². The third-order valence-corrected chi connectivity index (χ3v) is 3.34. The van der Waals surface area contributed by atoms with Crippen LogP contribution in [0.2, 0.25) is 0 Å². The van der Waals surface area contributed by atoms with E-state index in [1.165, 1.54) is 6.92 Å². The highest BCUT2D eigenvalue weighted by Crippen LogP contribution is 2.29. The topological polar surface area (TPSA) is 96.5 Å². The molecule has 24 heavy (non-hydrogen) atoms. The molecule has 2 aromatic rings. The largest absolute Gasteiger partial charge is 0.468 e. The second-order valence-corrected chi connectivity index (χ2v) is 5.23. The maximum Gasteiger partial charge on any atom is 0.275 e. The molecule has 3 amide bonds. The lowest BCUT2D eigenvalue weighted by molar-refractivity contribution is -0.133. The van der Waals surface area contributed by atoms with Crippen molar-refractivity contribution in [1.82, 2.24) is 0 Å². The van der Waals surface area contributed by atoms with E-state index < -0.39 is 17.9 Å². The maximum atomic E-state index is 12.3. The summed E-state index contributed by atoms with van der Waals surface area (Å²) in [5.41, 5.74) is 1.64. The number of anilines is 3. The van der Waals surface area contributed by atoms with Crippen LogP contribution in [0.25, 0.3) is 0 Å². The molecule has 3 rings (SSSR count). The van der Waals surface area contributed by atoms with Crippen molar-refractivity contribution in [1.29, 1.82) is 0 Å². The van der Waals surface area contributed by atoms with Crippen LogP contribution in [0.15, 0.2) is 48.5 Å². The molecule has 0 saturated carbocycles. The number of ether oxygens (including phenoxy) is 1. The van der Waals surface area contributed by atoms with Gasteiger partial charge in [0, 0.05) is 18.3 Å². The van der Waals surface area contributed by atoms with E-state index in [0.717, 1.165) is 0 Å². The fourth-order valence-electron chi connectivity index (χ4n) is 2.27. The molecule has 0 bridgehead atoms. The van der Waals surface area contributed by atoms with Gasteiger partial charge in [-0.1, -0.05) is 12.1 Å². The fraction of sp³-hybridized carbons (Fsp3) is 0.118. The standard InChI is InChI=1S/C17H15N3O4/c1-10(21)18-11-6-8-12(9-7-11)19-16(22)15-17(23)20-13-4-2-3-5-14(13)24-15/h2-9,15H,1H3,(H,18,21)(H,19,22)(H,20,23)/t15-/m0/s1. The minimum Gasteiger partial charge on any atom is -0.468 e. The van der Waals surface area contributed by atoms with Crippen molar-refractivity contribution < 1.29 is 19.1 Å². The Bertz CT molecular complexity index is 802. The zero-order chi connectivity index (χ0) is 17.1. The van der Waals surface area contributed by atoms with E-state index in [2.05, 4.69) is 16.0 Å². The van der Waals surface area contributed by atoms with Gasteiger partial charge in [0.15, 0.2) is 0 Å². The van der Waals surface area contributed by atoms with Crippen molar-refractivity contribution >= 4 is 34.8 Å². The molecule has 0 aromatic heterocycles. The van der Waals surface area contributed by atoms with E-state index in [-0.39, 0.29) is 5.91 Å². The smallest absolute Gasteiger partial charge is 0.275 e. The molecular formula is C17H15N3O4. The van der Waals surface area contributed by atoms with Crippen molar-refractivity contribution in [2.75, 3.05) is 16.0 Å². The quantitative estimate of drug-likeness (QED) is 0.752. The van der Waals surface area contributed by atoms with Gasteiger partial charge in [-0.05, 0) is 36.4 Å². The van der Waals surface area contributed by atoms with Gasteiger partial charge in [-0.3, -0.25) is 14.4 Å². The number of benzene rings is 2. The first-order valence-electron chi connectivity index (χ1n) is 7.28. The lowest BCUT2D eigenvalue weighted by Gasteiger charge is -2.24. The first-order valence-corrected chi connectivity index (χ1v) is 7.28. The van der Waals surface area contributed by atoms with Gasteiger partial charge in [0.25, 0.3) is 17.9 Å². The van der Waals surface area contributed by atoms with E-state index in [1.807, 2.05) is 0 Å². The second-order valence-electron chi connectivity index (χ2n) is 5.23. The lowest BCUT2D eigenvalue weighted by Crippen LogP contribution is -2.45. The first kappa shape index (κ1) is 15.5. The van der Waals surface area contributed by atoms with Crippen molar-refractivity contribution in [2.24, 2.45) is 0 Å². The molecule has 1 atom stereocenters. The molecule has 1 heterocycles. The third kappa shape index (κ3) is 3.35. The molecule has 0 saturated heterocycles. The SMILES string of the molecule is CC(=O)Nc1ccc(NC(=O)[C@@H]2Oc3ccccc3NC2=O)cc1. The molecule has 0 spiro atoms. The Kier molecular flexibility index (Phi) is 4.15. The molecule has 0 aliphatic carbocycles. The molecule has 7 nitrogen and oxygen atoms in total. The number of amides is 3. The van der Waals surface area contributed by atoms with Gasteiger partial charge >= 0.3 is 0 Å². The Hall–Kier alpha value is -3.35. The van der Waals surface area contributed by atoms with Crippen LogP contribution in [-0.4, -0.2) is 23.8 Å². The Labute approximate surface area is 138 Å². The van der Waals surface area contributed by atoms with Crippen LogP contribution in [0, 0.1) is 0 Å². The molecule has 0 unspecified atom stereocenters. The van der Waals surface area contributed by atoms with E-state index in [1.54, 1.807) is 48.5 Å². The number of para-hydroxylation sites is 2. The number of hydrogen-bond donors (Lipinski definition) is 3. The predicted molar refractivity (Wildman–Crippen MR) is 88.9 cm³/mol. The summed E-state index contributed by atoms with van der Waals surface area (Å²) in [5, 5.41) is 7.88. The van der Waals surface area contributed by atoms with Crippen molar-refractivity contribution in [3.05, 3.63) is 48.5 Å². The first-order chi connectivity index (χ1) is 11.5. The molecule has 122 valence electrons. The van der Waals surface area contributed by atoms with E-state index >= 15 is 0 Å². The summed E-state index contributed by atoms with van der Waals surface area (Å²) in [6.07, 6.45) is -1.27. The fourth-order valence-corrected chi connectivity index (χ4v) is 2.27. The van der Waals surface area contributed by atoms with Crippen LogP contribution < -0.4 is 20.7 Å². The molecule has 3 N–H and O–H groups in total. The van der Waals surface area contributed by atoms with Gasteiger partial charge in [0.1, 0.15) is 5.75 Å². The number of fused-ring (bicyclic) bond motifs is 1. The minimum atomic E-state index is -1.27. The Morgan fingerprint density at radius 1 is 1.00 bits per heavy atom. The minimum absolute atomic E-state index is 0.183. The molecule has 1 aliphatic heterocycles. The Morgan fingerprint density at radius 2 is 1.62 bits per heavy atom. The molecule has 0 radical (unpaired) electrons. The van der Waals surface area contributed by atoms with Gasteiger partial charge in [0.05, 0.1) is 5.69 Å². The number of nitrogens with one attached hydrogen (secondary N) is 3. The normalized spacial score (nSPS) is 15.5. The molecule has 1 aliphatic rings. The summed E-state index contributed by atoms with van der Waals surface area (Å²) in [6, 6.07) is 13.4. The molecular weight excluding hydrogens is 310 g/mol. The van der Waals surface area contributed by atoms with Crippen LogP contribution in [0.3, 0.4) is 0 Å². The lowest BCUT2D eigenvalue weighted by atomic mass is 10.2. The zero-order valence-electron chi connectivity index (χ0n) is 12.8. The zero-order valence-corrected chi connectivity index (χ0v) is 12.8. The number of carbonyl (C=O) groups is 3. The average Bonchev–Trinajstić information content (AvgIpc) is 2.55. The Balaban J connectivity index is 1.69. The van der Waals surface area contributed by atoms with Gasteiger partial charge in [-0.25, -0.2) is 0 Å². The summed E-state index contributed by atoms with van der Waals surface area (Å²) in [4.78, 5) is 35.3. The summed E-state index contributed by atoms with van der Waals surface area (Å²) in [7, 11) is 0. The van der Waals surface area contributed by atoms with Crippen molar-refractivity contribution in [2.45, 2.75) is 13.0 Å². The second kappa shape index (κ2) is 6.41. The summed E-state index contributed by atoms with van der Waals surface area (Å²) in [6.45, 7) is 1.41. The van der Waals surface area contributed by atoms with E-state index in [9.17, 15) is 14.4 Å². The van der Waals surface area contributed by atoms with Gasteiger partial charge in [-0.2, -0.15) is 0 Å². The molecule has 2 aromatic carbocycles. The summed E-state index contributed by atoms with van der Waals surface area (Å²) >= 11 is 0. The highest BCUT2D eigenvalue weighted by atomic mass is 16.5. The predicted octanol–water partition coefficient (Wildman–Crippen LogP) is 1.98. The number of carbonyl (C=O) groups excluding carboxylic acids is 3. The van der Waals surface area contributed by atoms with Gasteiger partial charge < -0.3 is 20.7 Å². The highest BCUT2D eigenvalue weighted by Gasteiger charge is 2.33. The van der Waals surface area contributed by atoms with Crippen LogP contribution in [0.4, 0.5) is 17.1 Å². The number of hydrogen-bond acceptors (Lipinski definition) is 4. The molecule has 0 fully saturated rings. The Morgan fingerprint density at radius 3 is 2.29 bits per heavy atom. The van der Waals surface area contributed by atoms with E-state index in [4.69, 9.17) is 4.74 Å². The van der Waals surface area contributed by atoms with E-state index in [0.29, 0.717) is 22.8 Å². The van der Waals surface area contributed by atoms with Crippen LogP contribution in [0.5, 0.6) is 5.75 Å². The average molecular weight is 325 g/mol. The summed E-state index contributed by atoms with van der Waals surface area (Å²) in [5.74, 6) is -0.841. The third-order valence-electron chi connectivity index (χ3n) is 3.34. The van der Waals surface area contributed by atoms with Gasteiger partial charge in [-0.15, -0.1) is 0 Å². The van der Waals surface area contributed by atoms with Crippen LogP contribution >= 0.6 is 0 Å². The highest BCUT2D eigenvalue weighted by molar-refractivity contribution is 6.15. The van der Waals surface area contributed by atoms with Crippen molar-refractivity contribution in [3.8, 4) is 5.75 Å². The van der Waals surface area contributed by atoms with Crippen molar-refractivity contribution in [3.63, 3.8) is 0 Å². The maximum absolute atomic E-state index is 12.3.